The number of piperidine rings is 1. The molecule has 2 amide bonds. The average Bonchev–Trinajstić information content (AvgIpc) is 3.31. The van der Waals surface area contributed by atoms with Crippen molar-refractivity contribution in [2.75, 3.05) is 46.4 Å². The molecule has 3 aliphatic rings. The Labute approximate surface area is 156 Å². The number of likely N-dealkylation sites (tertiary alicyclic amines) is 2. The van der Waals surface area contributed by atoms with Gasteiger partial charge in [-0.05, 0) is 43.2 Å². The molecule has 0 saturated carbocycles. The Morgan fingerprint density at radius 2 is 1.85 bits per heavy atom. The zero-order chi connectivity index (χ0) is 18.0. The average molecular weight is 357 g/mol. The Kier molecular flexibility index (Phi) is 5.18. The number of hydrogen-bond donors (Lipinski definition) is 1. The second-order valence-corrected chi connectivity index (χ2v) is 8.03. The van der Waals surface area contributed by atoms with Gasteiger partial charge in [0.05, 0.1) is 6.61 Å². The first kappa shape index (κ1) is 17.8. The van der Waals surface area contributed by atoms with Crippen molar-refractivity contribution in [3.8, 4) is 0 Å². The van der Waals surface area contributed by atoms with Crippen molar-refractivity contribution >= 4 is 6.03 Å². The van der Waals surface area contributed by atoms with Crippen LogP contribution >= 0.6 is 0 Å². The van der Waals surface area contributed by atoms with Gasteiger partial charge in [-0.25, -0.2) is 4.79 Å². The maximum Gasteiger partial charge on any atom is 0.319 e. The maximum absolute atomic E-state index is 12.7. The van der Waals surface area contributed by atoms with E-state index >= 15 is 0 Å². The molecule has 2 saturated heterocycles. The van der Waals surface area contributed by atoms with E-state index in [4.69, 9.17) is 4.74 Å². The molecule has 142 valence electrons. The lowest BCUT2D eigenvalue weighted by atomic mass is 9.73. The summed E-state index contributed by atoms with van der Waals surface area (Å²) in [6, 6.07) is 9.57. The van der Waals surface area contributed by atoms with E-state index in [1.807, 2.05) is 4.90 Å². The number of nitrogens with one attached hydrogen (secondary N) is 1. The van der Waals surface area contributed by atoms with E-state index in [1.54, 1.807) is 7.11 Å². The summed E-state index contributed by atoms with van der Waals surface area (Å²) in [5.41, 5.74) is 3.18. The van der Waals surface area contributed by atoms with Crippen molar-refractivity contribution in [2.24, 2.45) is 0 Å². The number of rotatable bonds is 4. The second kappa shape index (κ2) is 7.57. The molecule has 1 spiro atoms. The number of nitrogens with zero attached hydrogens (tertiary/aromatic N) is 2. The molecule has 1 aliphatic carbocycles. The standard InChI is InChI=1S/C21H31N3O2/c1-26-15-10-22-19-16-21(18-7-3-2-6-17(18)19)8-13-24(14-9-21)20(25)23-11-4-5-12-23/h2-3,6-7,19,22H,4-5,8-16H2,1H3. The van der Waals surface area contributed by atoms with E-state index in [0.717, 1.165) is 71.4 Å². The van der Waals surface area contributed by atoms with Gasteiger partial charge in [-0.15, -0.1) is 0 Å². The fourth-order valence-electron chi connectivity index (χ4n) is 5.12. The highest BCUT2D eigenvalue weighted by atomic mass is 16.5. The van der Waals surface area contributed by atoms with E-state index < -0.39 is 0 Å². The third-order valence-electron chi connectivity index (χ3n) is 6.57. The van der Waals surface area contributed by atoms with Gasteiger partial charge in [0.1, 0.15) is 0 Å². The monoisotopic (exact) mass is 357 g/mol. The Morgan fingerprint density at radius 3 is 2.58 bits per heavy atom. The number of urea groups is 1. The first-order chi connectivity index (χ1) is 12.7. The summed E-state index contributed by atoms with van der Waals surface area (Å²) >= 11 is 0. The largest absolute Gasteiger partial charge is 0.383 e. The molecular formula is C21H31N3O2. The van der Waals surface area contributed by atoms with Crippen LogP contribution in [0.3, 0.4) is 0 Å². The minimum atomic E-state index is 0.225. The van der Waals surface area contributed by atoms with Crippen molar-refractivity contribution < 1.29 is 9.53 Å². The zero-order valence-electron chi connectivity index (χ0n) is 15.9. The summed E-state index contributed by atoms with van der Waals surface area (Å²) in [5.74, 6) is 0. The Morgan fingerprint density at radius 1 is 1.15 bits per heavy atom. The lowest BCUT2D eigenvalue weighted by Gasteiger charge is -2.41. The summed E-state index contributed by atoms with van der Waals surface area (Å²) in [5, 5.41) is 3.68. The van der Waals surface area contributed by atoms with Crippen molar-refractivity contribution in [3.63, 3.8) is 0 Å². The van der Waals surface area contributed by atoms with Gasteiger partial charge in [-0.1, -0.05) is 24.3 Å². The summed E-state index contributed by atoms with van der Waals surface area (Å²) in [4.78, 5) is 16.8. The van der Waals surface area contributed by atoms with Gasteiger partial charge < -0.3 is 19.9 Å². The van der Waals surface area contributed by atoms with Crippen molar-refractivity contribution in [1.29, 1.82) is 0 Å². The van der Waals surface area contributed by atoms with Gasteiger partial charge in [0.15, 0.2) is 0 Å². The van der Waals surface area contributed by atoms with E-state index in [9.17, 15) is 4.79 Å². The van der Waals surface area contributed by atoms with Gasteiger partial charge in [-0.2, -0.15) is 0 Å². The molecule has 0 bridgehead atoms. The highest BCUT2D eigenvalue weighted by Gasteiger charge is 2.46. The maximum atomic E-state index is 12.7. The highest BCUT2D eigenvalue weighted by molar-refractivity contribution is 5.75. The summed E-state index contributed by atoms with van der Waals surface area (Å²) < 4.78 is 5.20. The predicted molar refractivity (Wildman–Crippen MR) is 102 cm³/mol. The Hall–Kier alpha value is -1.59. The molecule has 5 heteroatoms. The third kappa shape index (κ3) is 3.23. The van der Waals surface area contributed by atoms with E-state index in [0.29, 0.717) is 6.04 Å². The quantitative estimate of drug-likeness (QED) is 0.843. The first-order valence-electron chi connectivity index (χ1n) is 10.1. The number of hydrogen-bond acceptors (Lipinski definition) is 3. The van der Waals surface area contributed by atoms with Crippen molar-refractivity contribution in [3.05, 3.63) is 35.4 Å². The Bertz CT molecular complexity index is 634. The number of carbonyl (C=O) groups excluding carboxylic acids is 1. The van der Waals surface area contributed by atoms with Gasteiger partial charge >= 0.3 is 6.03 Å². The van der Waals surface area contributed by atoms with Crippen LogP contribution in [0.25, 0.3) is 0 Å². The molecule has 26 heavy (non-hydrogen) atoms. The van der Waals surface area contributed by atoms with E-state index in [1.165, 1.54) is 11.1 Å². The minimum absolute atomic E-state index is 0.225. The van der Waals surface area contributed by atoms with Crippen LogP contribution in [0.2, 0.25) is 0 Å². The van der Waals surface area contributed by atoms with Gasteiger partial charge in [0.2, 0.25) is 0 Å². The highest BCUT2D eigenvalue weighted by Crippen LogP contribution is 2.50. The smallest absolute Gasteiger partial charge is 0.319 e. The van der Waals surface area contributed by atoms with E-state index in [2.05, 4.69) is 34.5 Å². The lowest BCUT2D eigenvalue weighted by molar-refractivity contribution is 0.127. The number of benzene rings is 1. The molecule has 0 aromatic heterocycles. The van der Waals surface area contributed by atoms with Crippen LogP contribution in [-0.2, 0) is 10.2 Å². The van der Waals surface area contributed by atoms with Crippen LogP contribution in [0, 0.1) is 0 Å². The van der Waals surface area contributed by atoms with Crippen LogP contribution in [0.4, 0.5) is 4.79 Å². The molecule has 1 aromatic carbocycles. The molecule has 2 heterocycles. The zero-order valence-corrected chi connectivity index (χ0v) is 15.9. The number of amides is 2. The second-order valence-electron chi connectivity index (χ2n) is 8.03. The van der Waals surface area contributed by atoms with Crippen LogP contribution in [-0.4, -0.2) is 62.3 Å². The normalized spacial score (nSPS) is 24.3. The molecule has 4 rings (SSSR count). The van der Waals surface area contributed by atoms with E-state index in [-0.39, 0.29) is 11.4 Å². The van der Waals surface area contributed by atoms with Crippen LogP contribution in [0.5, 0.6) is 0 Å². The molecule has 1 atom stereocenters. The molecule has 5 nitrogen and oxygen atoms in total. The third-order valence-corrected chi connectivity index (χ3v) is 6.57. The molecule has 0 radical (unpaired) electrons. The fraction of sp³-hybridized carbons (Fsp3) is 0.667. The number of ether oxygens (including phenoxy) is 1. The van der Waals surface area contributed by atoms with Crippen molar-refractivity contribution in [2.45, 2.75) is 43.6 Å². The van der Waals surface area contributed by atoms with Crippen molar-refractivity contribution in [1.82, 2.24) is 15.1 Å². The molecule has 1 N–H and O–H groups in total. The van der Waals surface area contributed by atoms with Crippen LogP contribution in [0.15, 0.2) is 24.3 Å². The van der Waals surface area contributed by atoms with Gasteiger partial charge in [-0.3, -0.25) is 0 Å². The topological polar surface area (TPSA) is 44.8 Å². The fourth-order valence-corrected chi connectivity index (χ4v) is 5.12. The first-order valence-corrected chi connectivity index (χ1v) is 10.1. The predicted octanol–water partition coefficient (Wildman–Crippen LogP) is 2.92. The SMILES string of the molecule is COCCNC1CC2(CCN(C(=O)N3CCCC3)CC2)c2ccccc21. The van der Waals surface area contributed by atoms with Gasteiger partial charge in [0, 0.05) is 51.3 Å². The minimum Gasteiger partial charge on any atom is -0.383 e. The Balaban J connectivity index is 1.45. The van der Waals surface area contributed by atoms with Crippen LogP contribution in [0.1, 0.15) is 49.3 Å². The number of carbonyl (C=O) groups is 1. The molecule has 2 aliphatic heterocycles. The number of methoxy groups -OCH3 is 1. The van der Waals surface area contributed by atoms with Gasteiger partial charge in [0.25, 0.3) is 0 Å². The lowest BCUT2D eigenvalue weighted by Crippen LogP contribution is -2.49. The molecular weight excluding hydrogens is 326 g/mol. The molecule has 1 aromatic rings. The summed E-state index contributed by atoms with van der Waals surface area (Å²) in [6.07, 6.45) is 5.61. The summed E-state index contributed by atoms with van der Waals surface area (Å²) in [6.45, 7) is 5.27. The molecule has 2 fully saturated rings. The van der Waals surface area contributed by atoms with Crippen LogP contribution < -0.4 is 5.32 Å². The number of fused-ring (bicyclic) bond motifs is 2. The summed E-state index contributed by atoms with van der Waals surface area (Å²) in [7, 11) is 1.75. The molecule has 1 unspecified atom stereocenters.